The Balaban J connectivity index is 1.63. The third-order valence-corrected chi connectivity index (χ3v) is 5.49. The van der Waals surface area contributed by atoms with Gasteiger partial charge in [-0.2, -0.15) is 0 Å². The van der Waals surface area contributed by atoms with Gasteiger partial charge in [0.15, 0.2) is 0 Å². The first kappa shape index (κ1) is 19.8. The first-order chi connectivity index (χ1) is 13.0. The van der Waals surface area contributed by atoms with Gasteiger partial charge in [0, 0.05) is 45.7 Å². The number of hydrogen-bond donors (Lipinski definition) is 0. The Morgan fingerprint density at radius 3 is 2.33 bits per heavy atom. The fraction of sp³-hybridized carbons (Fsp3) is 0.619. The summed E-state index contributed by atoms with van der Waals surface area (Å²) in [5.41, 5.74) is 2.24. The van der Waals surface area contributed by atoms with Crippen molar-refractivity contribution in [1.82, 2.24) is 14.7 Å². The van der Waals surface area contributed by atoms with E-state index in [1.54, 1.807) is 4.90 Å². The molecule has 2 heterocycles. The predicted molar refractivity (Wildman–Crippen MR) is 104 cm³/mol. The Kier molecular flexibility index (Phi) is 6.50. The van der Waals surface area contributed by atoms with Crippen molar-refractivity contribution in [2.75, 3.05) is 46.4 Å². The van der Waals surface area contributed by atoms with Crippen LogP contribution in [0.25, 0.3) is 0 Å². The van der Waals surface area contributed by atoms with Crippen LogP contribution in [0.5, 0.6) is 0 Å². The zero-order chi connectivity index (χ0) is 19.4. The molecular formula is C21H31N3O3. The highest BCUT2D eigenvalue weighted by atomic mass is 16.5. The maximum Gasteiger partial charge on any atom is 0.328 e. The molecule has 148 valence electrons. The number of carbonyl (C=O) groups excluding carboxylic acids is 2. The number of ether oxygens (including phenoxy) is 1. The van der Waals surface area contributed by atoms with Crippen molar-refractivity contribution in [2.24, 2.45) is 5.92 Å². The minimum Gasteiger partial charge on any atom is -0.467 e. The molecule has 0 N–H and O–H groups in total. The Labute approximate surface area is 162 Å². The van der Waals surface area contributed by atoms with Gasteiger partial charge in [0.1, 0.15) is 6.04 Å². The van der Waals surface area contributed by atoms with Crippen molar-refractivity contribution in [2.45, 2.75) is 32.9 Å². The van der Waals surface area contributed by atoms with E-state index in [1.807, 2.05) is 24.3 Å². The van der Waals surface area contributed by atoms with Crippen molar-refractivity contribution in [3.05, 3.63) is 35.4 Å². The Hall–Kier alpha value is -1.92. The van der Waals surface area contributed by atoms with E-state index in [-0.39, 0.29) is 11.9 Å². The number of carbonyl (C=O) groups is 2. The van der Waals surface area contributed by atoms with Crippen LogP contribution in [-0.4, -0.2) is 79.0 Å². The van der Waals surface area contributed by atoms with Gasteiger partial charge < -0.3 is 14.5 Å². The summed E-state index contributed by atoms with van der Waals surface area (Å²) in [4.78, 5) is 31.7. The zero-order valence-corrected chi connectivity index (χ0v) is 16.7. The molecule has 1 fully saturated rings. The molecule has 1 amide bonds. The highest BCUT2D eigenvalue weighted by Gasteiger charge is 2.36. The summed E-state index contributed by atoms with van der Waals surface area (Å²) in [5.74, 6) is 0.337. The molecule has 0 radical (unpaired) electrons. The summed E-state index contributed by atoms with van der Waals surface area (Å²) >= 11 is 0. The highest BCUT2D eigenvalue weighted by molar-refractivity contribution is 5.86. The molecule has 0 bridgehead atoms. The number of nitrogens with zero attached hydrogens (tertiary/aromatic N) is 3. The first-order valence-electron chi connectivity index (χ1n) is 9.86. The largest absolute Gasteiger partial charge is 0.467 e. The maximum absolute atomic E-state index is 13.0. The number of piperazine rings is 1. The van der Waals surface area contributed by atoms with Crippen LogP contribution in [0, 0.1) is 5.92 Å². The second-order valence-electron chi connectivity index (χ2n) is 8.00. The van der Waals surface area contributed by atoms with Gasteiger partial charge in [-0.25, -0.2) is 4.79 Å². The fourth-order valence-electron chi connectivity index (χ4n) is 4.06. The summed E-state index contributed by atoms with van der Waals surface area (Å²) < 4.78 is 4.97. The predicted octanol–water partition coefficient (Wildman–Crippen LogP) is 1.39. The Morgan fingerprint density at radius 2 is 1.70 bits per heavy atom. The standard InChI is InChI=1S/C21H31N3O3/c1-16(2)13-22-8-10-23(11-9-22)15-20(25)24-14-18-7-5-4-6-17(18)12-19(24)21(26)27-3/h4-7,16,19H,8-15H2,1-3H3. The van der Waals surface area contributed by atoms with Crippen LogP contribution in [0.4, 0.5) is 0 Å². The van der Waals surface area contributed by atoms with E-state index in [9.17, 15) is 9.59 Å². The van der Waals surface area contributed by atoms with Crippen LogP contribution in [-0.2, 0) is 27.3 Å². The highest BCUT2D eigenvalue weighted by Crippen LogP contribution is 2.24. The van der Waals surface area contributed by atoms with Crippen molar-refractivity contribution in [3.63, 3.8) is 0 Å². The van der Waals surface area contributed by atoms with Gasteiger partial charge in [-0.05, 0) is 17.0 Å². The van der Waals surface area contributed by atoms with Crippen LogP contribution in [0.1, 0.15) is 25.0 Å². The van der Waals surface area contributed by atoms with E-state index in [1.165, 1.54) is 7.11 Å². The van der Waals surface area contributed by atoms with Crippen LogP contribution < -0.4 is 0 Å². The molecule has 2 aliphatic rings. The molecule has 0 spiro atoms. The molecule has 1 unspecified atom stereocenters. The summed E-state index contributed by atoms with van der Waals surface area (Å²) in [6, 6.07) is 7.49. The summed E-state index contributed by atoms with van der Waals surface area (Å²) in [6.45, 7) is 10.2. The van der Waals surface area contributed by atoms with Gasteiger partial charge in [-0.15, -0.1) is 0 Å². The van der Waals surface area contributed by atoms with E-state index >= 15 is 0 Å². The lowest BCUT2D eigenvalue weighted by Crippen LogP contribution is -2.54. The van der Waals surface area contributed by atoms with Crippen LogP contribution in [0.3, 0.4) is 0 Å². The van der Waals surface area contributed by atoms with Gasteiger partial charge in [0.25, 0.3) is 0 Å². The number of rotatable bonds is 5. The zero-order valence-electron chi connectivity index (χ0n) is 16.7. The number of methoxy groups -OCH3 is 1. The molecule has 0 aliphatic carbocycles. The first-order valence-corrected chi connectivity index (χ1v) is 9.86. The lowest BCUT2D eigenvalue weighted by Gasteiger charge is -2.39. The van der Waals surface area contributed by atoms with Gasteiger partial charge >= 0.3 is 5.97 Å². The summed E-state index contributed by atoms with van der Waals surface area (Å²) in [5, 5.41) is 0. The van der Waals surface area contributed by atoms with E-state index in [0.29, 0.717) is 25.4 Å². The quantitative estimate of drug-likeness (QED) is 0.730. The molecule has 0 aromatic heterocycles. The van der Waals surface area contributed by atoms with Gasteiger partial charge in [-0.1, -0.05) is 38.1 Å². The molecule has 1 aromatic rings. The van der Waals surface area contributed by atoms with Crippen LogP contribution >= 0.6 is 0 Å². The molecular weight excluding hydrogens is 342 g/mol. The smallest absolute Gasteiger partial charge is 0.328 e. The minimum atomic E-state index is -0.528. The van der Waals surface area contributed by atoms with Gasteiger partial charge in [0.2, 0.25) is 5.91 Å². The number of esters is 1. The second kappa shape index (κ2) is 8.85. The van der Waals surface area contributed by atoms with Crippen molar-refractivity contribution < 1.29 is 14.3 Å². The van der Waals surface area contributed by atoms with Crippen molar-refractivity contribution in [1.29, 1.82) is 0 Å². The van der Waals surface area contributed by atoms with E-state index in [2.05, 4.69) is 23.6 Å². The minimum absolute atomic E-state index is 0.0113. The van der Waals surface area contributed by atoms with E-state index in [0.717, 1.165) is 43.9 Å². The van der Waals surface area contributed by atoms with Gasteiger partial charge in [-0.3, -0.25) is 9.69 Å². The van der Waals surface area contributed by atoms with E-state index < -0.39 is 6.04 Å². The molecule has 3 rings (SSSR count). The SMILES string of the molecule is COC(=O)C1Cc2ccccc2CN1C(=O)CN1CCN(CC(C)C)CC1. The monoisotopic (exact) mass is 373 g/mol. The normalized spacial score (nSPS) is 21.2. The topological polar surface area (TPSA) is 53.1 Å². The molecule has 1 saturated heterocycles. The maximum atomic E-state index is 13.0. The molecule has 6 heteroatoms. The average molecular weight is 373 g/mol. The lowest BCUT2D eigenvalue weighted by atomic mass is 9.94. The average Bonchev–Trinajstić information content (AvgIpc) is 2.67. The number of benzene rings is 1. The molecule has 0 saturated carbocycles. The third kappa shape index (κ3) is 4.87. The van der Waals surface area contributed by atoms with Crippen LogP contribution in [0.15, 0.2) is 24.3 Å². The molecule has 27 heavy (non-hydrogen) atoms. The summed E-state index contributed by atoms with van der Waals surface area (Å²) in [7, 11) is 1.39. The molecule has 2 aliphatic heterocycles. The lowest BCUT2D eigenvalue weighted by molar-refractivity contribution is -0.154. The van der Waals surface area contributed by atoms with Crippen LogP contribution in [0.2, 0.25) is 0 Å². The van der Waals surface area contributed by atoms with Crippen molar-refractivity contribution >= 4 is 11.9 Å². The molecule has 6 nitrogen and oxygen atoms in total. The number of fused-ring (bicyclic) bond motifs is 1. The fourth-order valence-corrected chi connectivity index (χ4v) is 4.06. The Bertz CT molecular complexity index is 668. The number of hydrogen-bond acceptors (Lipinski definition) is 5. The third-order valence-electron chi connectivity index (χ3n) is 5.49. The van der Waals surface area contributed by atoms with Gasteiger partial charge in [0.05, 0.1) is 13.7 Å². The second-order valence-corrected chi connectivity index (χ2v) is 8.00. The van der Waals surface area contributed by atoms with Crippen molar-refractivity contribution in [3.8, 4) is 0 Å². The number of amides is 1. The Morgan fingerprint density at radius 1 is 1.07 bits per heavy atom. The van der Waals surface area contributed by atoms with E-state index in [4.69, 9.17) is 4.74 Å². The summed E-state index contributed by atoms with van der Waals surface area (Å²) in [6.07, 6.45) is 0.525. The molecule has 1 atom stereocenters. The molecule has 1 aromatic carbocycles.